The summed E-state index contributed by atoms with van der Waals surface area (Å²) in [6.07, 6.45) is 7.40. The summed E-state index contributed by atoms with van der Waals surface area (Å²) < 4.78 is 2.01. The van der Waals surface area contributed by atoms with Gasteiger partial charge >= 0.3 is 0 Å². The summed E-state index contributed by atoms with van der Waals surface area (Å²) in [5.74, 6) is 1.04. The van der Waals surface area contributed by atoms with Crippen molar-refractivity contribution < 1.29 is 0 Å². The van der Waals surface area contributed by atoms with Crippen molar-refractivity contribution in [2.45, 2.75) is 13.1 Å². The highest BCUT2D eigenvalue weighted by Crippen LogP contribution is 1.97. The summed E-state index contributed by atoms with van der Waals surface area (Å²) in [7, 11) is 1.99. The average Bonchev–Trinajstić information content (AvgIpc) is 2.66. The fourth-order valence-corrected chi connectivity index (χ4v) is 1.39. The molecule has 2 aromatic rings. The quantitative estimate of drug-likeness (QED) is 0.807. The molecule has 4 heteroatoms. The summed E-state index contributed by atoms with van der Waals surface area (Å²) in [4.78, 5) is 8.29. The first kappa shape index (κ1) is 9.86. The Kier molecular flexibility index (Phi) is 3.09. The number of imidazole rings is 1. The Balaban J connectivity index is 1.83. The van der Waals surface area contributed by atoms with E-state index in [9.17, 15) is 0 Å². The molecule has 2 heterocycles. The molecular formula is C11H14N4. The van der Waals surface area contributed by atoms with Gasteiger partial charge in [0.05, 0.1) is 6.54 Å². The molecule has 0 aliphatic carbocycles. The van der Waals surface area contributed by atoms with Crippen molar-refractivity contribution in [1.82, 2.24) is 19.9 Å². The molecule has 0 atom stereocenters. The number of nitrogens with one attached hydrogen (secondary N) is 1. The molecule has 0 bridgehead atoms. The number of pyridine rings is 1. The summed E-state index contributed by atoms with van der Waals surface area (Å²) in [5.41, 5.74) is 1.19. The third kappa shape index (κ3) is 2.63. The first-order valence-electron chi connectivity index (χ1n) is 4.92. The van der Waals surface area contributed by atoms with Crippen LogP contribution in [0.1, 0.15) is 11.4 Å². The summed E-state index contributed by atoms with van der Waals surface area (Å²) in [6.45, 7) is 1.60. The molecule has 2 rings (SSSR count). The second-order valence-corrected chi connectivity index (χ2v) is 3.42. The fraction of sp³-hybridized carbons (Fsp3) is 0.273. The third-order valence-electron chi connectivity index (χ3n) is 2.26. The summed E-state index contributed by atoms with van der Waals surface area (Å²) >= 11 is 0. The van der Waals surface area contributed by atoms with Gasteiger partial charge in [0.25, 0.3) is 0 Å². The number of hydrogen-bond acceptors (Lipinski definition) is 3. The second-order valence-electron chi connectivity index (χ2n) is 3.42. The number of rotatable bonds is 4. The Bertz CT molecular complexity index is 408. The molecule has 0 aliphatic heterocycles. The standard InChI is InChI=1S/C11H14N4/c1-15-6-5-14-11(15)9-13-8-10-3-2-4-12-7-10/h2-7,13H,8-9H2,1H3. The summed E-state index contributed by atoms with van der Waals surface area (Å²) in [6, 6.07) is 4.00. The van der Waals surface area contributed by atoms with Crippen LogP contribution in [0.2, 0.25) is 0 Å². The Morgan fingerprint density at radius 1 is 1.33 bits per heavy atom. The smallest absolute Gasteiger partial charge is 0.122 e. The summed E-state index contributed by atoms with van der Waals surface area (Å²) in [5, 5.41) is 3.32. The zero-order chi connectivity index (χ0) is 10.5. The van der Waals surface area contributed by atoms with Crippen LogP contribution in [0.3, 0.4) is 0 Å². The SMILES string of the molecule is Cn1ccnc1CNCc1cccnc1. The maximum Gasteiger partial charge on any atom is 0.122 e. The van der Waals surface area contributed by atoms with E-state index in [4.69, 9.17) is 0 Å². The molecule has 0 fully saturated rings. The normalized spacial score (nSPS) is 10.5. The minimum atomic E-state index is 0.776. The van der Waals surface area contributed by atoms with Gasteiger partial charge < -0.3 is 9.88 Å². The van der Waals surface area contributed by atoms with Crippen molar-refractivity contribution in [3.8, 4) is 0 Å². The molecular weight excluding hydrogens is 188 g/mol. The predicted octanol–water partition coefficient (Wildman–Crippen LogP) is 1.10. The van der Waals surface area contributed by atoms with Crippen molar-refractivity contribution >= 4 is 0 Å². The first-order chi connectivity index (χ1) is 7.36. The van der Waals surface area contributed by atoms with E-state index >= 15 is 0 Å². The highest BCUT2D eigenvalue weighted by atomic mass is 15.1. The van der Waals surface area contributed by atoms with Gasteiger partial charge in [-0.2, -0.15) is 0 Å². The lowest BCUT2D eigenvalue weighted by Gasteiger charge is -2.04. The van der Waals surface area contributed by atoms with Crippen LogP contribution >= 0.6 is 0 Å². The van der Waals surface area contributed by atoms with E-state index in [1.807, 2.05) is 30.1 Å². The highest BCUT2D eigenvalue weighted by Gasteiger charge is 1.97. The van der Waals surface area contributed by atoms with Crippen LogP contribution in [0.15, 0.2) is 36.9 Å². The van der Waals surface area contributed by atoms with Crippen LogP contribution in [0.4, 0.5) is 0 Å². The van der Waals surface area contributed by atoms with Gasteiger partial charge in [0, 0.05) is 38.4 Å². The van der Waals surface area contributed by atoms with E-state index in [0.29, 0.717) is 0 Å². The third-order valence-corrected chi connectivity index (χ3v) is 2.26. The van der Waals surface area contributed by atoms with Crippen LogP contribution in [0, 0.1) is 0 Å². The van der Waals surface area contributed by atoms with Gasteiger partial charge in [-0.05, 0) is 11.6 Å². The van der Waals surface area contributed by atoms with E-state index < -0.39 is 0 Å². The van der Waals surface area contributed by atoms with Crippen LogP contribution < -0.4 is 5.32 Å². The fourth-order valence-electron chi connectivity index (χ4n) is 1.39. The Labute approximate surface area is 89.0 Å². The Hall–Kier alpha value is -1.68. The lowest BCUT2D eigenvalue weighted by Crippen LogP contribution is -2.15. The molecule has 1 N–H and O–H groups in total. The van der Waals surface area contributed by atoms with E-state index in [0.717, 1.165) is 18.9 Å². The minimum absolute atomic E-state index is 0.776. The van der Waals surface area contributed by atoms with Gasteiger partial charge in [-0.25, -0.2) is 4.98 Å². The van der Waals surface area contributed by atoms with Crippen LogP contribution in [0.25, 0.3) is 0 Å². The molecule has 0 spiro atoms. The van der Waals surface area contributed by atoms with Crippen molar-refractivity contribution in [3.05, 3.63) is 48.3 Å². The topological polar surface area (TPSA) is 42.7 Å². The highest BCUT2D eigenvalue weighted by molar-refractivity contribution is 5.07. The number of nitrogens with zero attached hydrogens (tertiary/aromatic N) is 3. The number of hydrogen-bond donors (Lipinski definition) is 1. The van der Waals surface area contributed by atoms with Crippen molar-refractivity contribution in [3.63, 3.8) is 0 Å². The molecule has 0 aromatic carbocycles. The molecule has 4 nitrogen and oxygen atoms in total. The Morgan fingerprint density at radius 3 is 2.93 bits per heavy atom. The average molecular weight is 202 g/mol. The molecule has 0 saturated carbocycles. The monoisotopic (exact) mass is 202 g/mol. The largest absolute Gasteiger partial charge is 0.337 e. The molecule has 0 radical (unpaired) electrons. The van der Waals surface area contributed by atoms with Gasteiger partial charge in [-0.3, -0.25) is 4.98 Å². The molecule has 2 aromatic heterocycles. The predicted molar refractivity (Wildman–Crippen MR) is 58.0 cm³/mol. The van der Waals surface area contributed by atoms with E-state index in [-0.39, 0.29) is 0 Å². The second kappa shape index (κ2) is 4.70. The van der Waals surface area contributed by atoms with E-state index in [1.165, 1.54) is 5.56 Å². The number of aromatic nitrogens is 3. The zero-order valence-corrected chi connectivity index (χ0v) is 8.72. The van der Waals surface area contributed by atoms with Crippen molar-refractivity contribution in [2.24, 2.45) is 7.05 Å². The molecule has 0 unspecified atom stereocenters. The van der Waals surface area contributed by atoms with Crippen molar-refractivity contribution in [1.29, 1.82) is 0 Å². The molecule has 78 valence electrons. The van der Waals surface area contributed by atoms with Gasteiger partial charge in [0.2, 0.25) is 0 Å². The lowest BCUT2D eigenvalue weighted by molar-refractivity contribution is 0.638. The maximum atomic E-state index is 4.23. The van der Waals surface area contributed by atoms with Gasteiger partial charge in [-0.1, -0.05) is 6.07 Å². The van der Waals surface area contributed by atoms with Crippen molar-refractivity contribution in [2.75, 3.05) is 0 Å². The Morgan fingerprint density at radius 2 is 2.27 bits per heavy atom. The van der Waals surface area contributed by atoms with Crippen LogP contribution in [0.5, 0.6) is 0 Å². The van der Waals surface area contributed by atoms with Gasteiger partial charge in [0.1, 0.15) is 5.82 Å². The van der Waals surface area contributed by atoms with Crippen LogP contribution in [-0.2, 0) is 20.1 Å². The van der Waals surface area contributed by atoms with Gasteiger partial charge in [-0.15, -0.1) is 0 Å². The van der Waals surface area contributed by atoms with Gasteiger partial charge in [0.15, 0.2) is 0 Å². The molecule has 0 aliphatic rings. The van der Waals surface area contributed by atoms with E-state index in [1.54, 1.807) is 12.4 Å². The molecule has 15 heavy (non-hydrogen) atoms. The minimum Gasteiger partial charge on any atom is -0.337 e. The first-order valence-corrected chi connectivity index (χ1v) is 4.92. The zero-order valence-electron chi connectivity index (χ0n) is 8.72. The molecule has 0 amide bonds. The van der Waals surface area contributed by atoms with E-state index in [2.05, 4.69) is 21.4 Å². The number of aryl methyl sites for hydroxylation is 1. The van der Waals surface area contributed by atoms with Crippen LogP contribution in [-0.4, -0.2) is 14.5 Å². The molecule has 0 saturated heterocycles. The maximum absolute atomic E-state index is 4.23. The lowest BCUT2D eigenvalue weighted by atomic mass is 10.3.